The molecule has 1 amide bonds. The van der Waals surface area contributed by atoms with E-state index in [0.29, 0.717) is 0 Å². The van der Waals surface area contributed by atoms with Crippen molar-refractivity contribution < 1.29 is 19.5 Å². The van der Waals surface area contributed by atoms with E-state index in [2.05, 4.69) is 5.32 Å². The van der Waals surface area contributed by atoms with E-state index in [1.54, 1.807) is 6.26 Å². The molecule has 0 rings (SSSR count). The predicted molar refractivity (Wildman–Crippen MR) is 57.9 cm³/mol. The summed E-state index contributed by atoms with van der Waals surface area (Å²) in [5.74, 6) is -1.34. The average molecular weight is 233 g/mol. The molecule has 0 saturated carbocycles. The summed E-state index contributed by atoms with van der Waals surface area (Å²) in [5.41, 5.74) is 0. The molecular weight excluding hydrogens is 218 g/mol. The van der Waals surface area contributed by atoms with Crippen LogP contribution in [0.2, 0.25) is 0 Å². The number of carbonyl (C=O) groups excluding carboxylic acids is 2. The van der Waals surface area contributed by atoms with Crippen LogP contribution in [0.5, 0.6) is 0 Å². The number of thioether (sulfide) groups is 1. The van der Waals surface area contributed by atoms with E-state index in [0.717, 1.165) is 0 Å². The Bertz CT molecular complexity index is 254. The first-order valence-corrected chi connectivity index (χ1v) is 5.78. The monoisotopic (exact) mass is 233 g/mol. The van der Waals surface area contributed by atoms with Gasteiger partial charge in [-0.25, -0.2) is 0 Å². The highest BCUT2D eigenvalue weighted by Gasteiger charge is 2.19. The first-order chi connectivity index (χ1) is 6.97. The topological polar surface area (TPSA) is 83.5 Å². The van der Waals surface area contributed by atoms with Gasteiger partial charge in [0.05, 0.1) is 11.7 Å². The van der Waals surface area contributed by atoms with E-state index in [1.165, 1.54) is 18.7 Å². The molecule has 1 atom stereocenters. The molecule has 0 aliphatic rings. The summed E-state index contributed by atoms with van der Waals surface area (Å²) >= 11 is 1.19. The van der Waals surface area contributed by atoms with Crippen LogP contribution in [0.15, 0.2) is 0 Å². The van der Waals surface area contributed by atoms with Crippen LogP contribution in [-0.2, 0) is 14.4 Å². The molecular formula is C9H15NO4S. The summed E-state index contributed by atoms with van der Waals surface area (Å²) in [7, 11) is 0. The minimum Gasteiger partial charge on any atom is -0.481 e. The normalized spacial score (nSPS) is 11.9. The zero-order chi connectivity index (χ0) is 11.8. The first kappa shape index (κ1) is 14.0. The molecule has 0 aromatic rings. The van der Waals surface area contributed by atoms with Crippen LogP contribution in [0.4, 0.5) is 0 Å². The Morgan fingerprint density at radius 2 is 2.00 bits per heavy atom. The van der Waals surface area contributed by atoms with Crippen LogP contribution in [0.3, 0.4) is 0 Å². The molecule has 86 valence electrons. The van der Waals surface area contributed by atoms with E-state index >= 15 is 0 Å². The maximum absolute atomic E-state index is 11.4. The van der Waals surface area contributed by atoms with Crippen LogP contribution < -0.4 is 5.32 Å². The van der Waals surface area contributed by atoms with Crippen molar-refractivity contribution in [1.29, 1.82) is 0 Å². The van der Waals surface area contributed by atoms with Crippen LogP contribution in [0, 0.1) is 0 Å². The molecule has 0 aliphatic carbocycles. The third-order valence-corrected chi connectivity index (χ3v) is 2.66. The summed E-state index contributed by atoms with van der Waals surface area (Å²) < 4.78 is 0. The molecule has 5 nitrogen and oxygen atoms in total. The van der Waals surface area contributed by atoms with Gasteiger partial charge in [-0.2, -0.15) is 11.8 Å². The van der Waals surface area contributed by atoms with Crippen molar-refractivity contribution in [1.82, 2.24) is 5.32 Å². The van der Waals surface area contributed by atoms with Crippen LogP contribution >= 0.6 is 11.8 Å². The van der Waals surface area contributed by atoms with Crippen molar-refractivity contribution in [3.05, 3.63) is 0 Å². The Kier molecular flexibility index (Phi) is 6.77. The number of amides is 1. The molecule has 0 aromatic heterocycles. The molecule has 0 radical (unpaired) electrons. The van der Waals surface area contributed by atoms with Gasteiger partial charge < -0.3 is 10.4 Å². The molecule has 0 fully saturated rings. The smallest absolute Gasteiger partial charge is 0.305 e. The highest BCUT2D eigenvalue weighted by Crippen LogP contribution is 2.10. The van der Waals surface area contributed by atoms with Crippen molar-refractivity contribution in [2.75, 3.05) is 12.8 Å². The molecule has 0 aliphatic heterocycles. The van der Waals surface area contributed by atoms with E-state index in [1.807, 2.05) is 0 Å². The van der Waals surface area contributed by atoms with Gasteiger partial charge in [0.25, 0.3) is 0 Å². The number of nitrogens with one attached hydrogen (secondary N) is 1. The Balaban J connectivity index is 3.93. The van der Waals surface area contributed by atoms with Gasteiger partial charge >= 0.3 is 5.97 Å². The van der Waals surface area contributed by atoms with Crippen LogP contribution in [0.25, 0.3) is 0 Å². The lowest BCUT2D eigenvalue weighted by Gasteiger charge is -2.11. The quantitative estimate of drug-likeness (QED) is 0.660. The van der Waals surface area contributed by atoms with Gasteiger partial charge in [0.2, 0.25) is 5.91 Å². The fraction of sp³-hybridized carbons (Fsp3) is 0.667. The minimum atomic E-state index is -1.00. The van der Waals surface area contributed by atoms with Gasteiger partial charge in [-0.15, -0.1) is 0 Å². The fourth-order valence-corrected chi connectivity index (χ4v) is 1.52. The number of rotatable bonds is 7. The third kappa shape index (κ3) is 6.96. The molecule has 0 saturated heterocycles. The van der Waals surface area contributed by atoms with E-state index in [-0.39, 0.29) is 31.1 Å². The number of carboxylic acid groups (broad SMARTS) is 1. The van der Waals surface area contributed by atoms with E-state index in [9.17, 15) is 14.4 Å². The average Bonchev–Trinajstić information content (AvgIpc) is 2.13. The molecule has 6 heteroatoms. The fourth-order valence-electron chi connectivity index (χ4n) is 0.917. The largest absolute Gasteiger partial charge is 0.481 e. The van der Waals surface area contributed by atoms with Crippen LogP contribution in [0.1, 0.15) is 19.8 Å². The number of hydrogen-bond donors (Lipinski definition) is 2. The lowest BCUT2D eigenvalue weighted by atomic mass is 10.2. The van der Waals surface area contributed by atoms with Gasteiger partial charge in [0.15, 0.2) is 0 Å². The van der Waals surface area contributed by atoms with Crippen molar-refractivity contribution in [2.24, 2.45) is 0 Å². The maximum atomic E-state index is 11.4. The molecule has 0 heterocycles. The number of carboxylic acids is 1. The lowest BCUT2D eigenvalue weighted by Crippen LogP contribution is -2.35. The van der Waals surface area contributed by atoms with Gasteiger partial charge in [0.1, 0.15) is 5.78 Å². The van der Waals surface area contributed by atoms with Gasteiger partial charge in [0, 0.05) is 13.0 Å². The predicted octanol–water partition coefficient (Wildman–Crippen LogP) is 0.288. The third-order valence-electron chi connectivity index (χ3n) is 1.71. The molecule has 15 heavy (non-hydrogen) atoms. The minimum absolute atomic E-state index is 0.00534. The molecule has 0 spiro atoms. The highest BCUT2D eigenvalue weighted by atomic mass is 32.2. The van der Waals surface area contributed by atoms with Crippen molar-refractivity contribution >= 4 is 29.4 Å². The molecule has 2 N–H and O–H groups in total. The molecule has 0 aromatic carbocycles. The summed E-state index contributed by atoms with van der Waals surface area (Å²) in [5, 5.41) is 10.5. The summed E-state index contributed by atoms with van der Waals surface area (Å²) in [6, 6.07) is 0. The number of hydrogen-bond acceptors (Lipinski definition) is 4. The van der Waals surface area contributed by atoms with Crippen molar-refractivity contribution in [3.63, 3.8) is 0 Å². The number of Topliss-reactive ketones (excluding diaryl/α,β-unsaturated/α-hetero) is 1. The highest BCUT2D eigenvalue weighted by molar-refractivity contribution is 7.99. The zero-order valence-electron chi connectivity index (χ0n) is 8.78. The van der Waals surface area contributed by atoms with Gasteiger partial charge in [-0.3, -0.25) is 14.4 Å². The zero-order valence-corrected chi connectivity index (χ0v) is 9.60. The van der Waals surface area contributed by atoms with Gasteiger partial charge in [-0.05, 0) is 13.2 Å². The van der Waals surface area contributed by atoms with Crippen LogP contribution in [-0.4, -0.2) is 40.8 Å². The maximum Gasteiger partial charge on any atom is 0.305 e. The molecule has 0 bridgehead atoms. The van der Waals surface area contributed by atoms with Crippen molar-refractivity contribution in [2.45, 2.75) is 25.0 Å². The Labute approximate surface area is 92.6 Å². The summed E-state index contributed by atoms with van der Waals surface area (Å²) in [6.07, 6.45) is 1.76. The molecule has 1 unspecified atom stereocenters. The second kappa shape index (κ2) is 7.28. The van der Waals surface area contributed by atoms with Gasteiger partial charge in [-0.1, -0.05) is 0 Å². The second-order valence-electron chi connectivity index (χ2n) is 3.07. The van der Waals surface area contributed by atoms with E-state index in [4.69, 9.17) is 5.11 Å². The Morgan fingerprint density at radius 1 is 1.40 bits per heavy atom. The van der Waals surface area contributed by atoms with Crippen molar-refractivity contribution in [3.8, 4) is 0 Å². The Hall–Kier alpha value is -1.04. The second-order valence-corrected chi connectivity index (χ2v) is 4.11. The summed E-state index contributed by atoms with van der Waals surface area (Å²) in [4.78, 5) is 32.4. The number of aliphatic carboxylic acids is 1. The summed E-state index contributed by atoms with van der Waals surface area (Å²) in [6.45, 7) is 1.71. The standard InChI is InChI=1S/C9H15NO4S/c1-6(11)3-4-10-9(14)7(15-2)5-8(12)13/h7H,3-5H2,1-2H3,(H,10,14)(H,12,13). The first-order valence-electron chi connectivity index (χ1n) is 4.49. The Morgan fingerprint density at radius 3 is 2.40 bits per heavy atom. The number of ketones is 1. The van der Waals surface area contributed by atoms with E-state index < -0.39 is 11.2 Å². The number of carbonyl (C=O) groups is 3. The SMILES string of the molecule is CSC(CC(=O)O)C(=O)NCCC(C)=O. The lowest BCUT2D eigenvalue weighted by molar-refractivity contribution is -0.138.